The van der Waals surface area contributed by atoms with Crippen LogP contribution in [0.5, 0.6) is 5.75 Å². The lowest BCUT2D eigenvalue weighted by Gasteiger charge is -2.26. The van der Waals surface area contributed by atoms with Gasteiger partial charge in [-0.05, 0) is 66.8 Å². The molecule has 2 N–H and O–H groups in total. The van der Waals surface area contributed by atoms with Crippen LogP contribution in [-0.2, 0) is 0 Å². The summed E-state index contributed by atoms with van der Waals surface area (Å²) in [6, 6.07) is 19.2. The van der Waals surface area contributed by atoms with Gasteiger partial charge in [0.05, 0.1) is 22.3 Å². The molecule has 8 nitrogen and oxygen atoms in total. The molecule has 0 radical (unpaired) electrons. The number of nitrogens with zero attached hydrogens (tertiary/aromatic N) is 3. The molecule has 0 bridgehead atoms. The van der Waals surface area contributed by atoms with Gasteiger partial charge in [0.1, 0.15) is 23.3 Å². The van der Waals surface area contributed by atoms with Crippen molar-refractivity contribution < 1.29 is 14.4 Å². The molecule has 3 heterocycles. The molecule has 1 fully saturated rings. The van der Waals surface area contributed by atoms with Crippen molar-refractivity contribution in [3.63, 3.8) is 0 Å². The second-order valence-electron chi connectivity index (χ2n) is 7.64. The zero-order valence-electron chi connectivity index (χ0n) is 17.5. The number of nitro groups is 1. The molecule has 5 rings (SSSR count). The number of anilines is 1. The van der Waals surface area contributed by atoms with Crippen LogP contribution in [0.15, 0.2) is 83.4 Å². The third-order valence-corrected chi connectivity index (χ3v) is 6.13. The number of nitrogens with one attached hydrogen (secondary N) is 1. The van der Waals surface area contributed by atoms with Crippen LogP contribution >= 0.6 is 23.8 Å². The number of thiocarbonyl (C=S) groups is 1. The van der Waals surface area contributed by atoms with E-state index in [1.807, 2.05) is 24.3 Å². The first-order valence-electron chi connectivity index (χ1n) is 10.3. The Bertz CT molecular complexity index is 1380. The van der Waals surface area contributed by atoms with Gasteiger partial charge in [0.25, 0.3) is 5.69 Å². The smallest absolute Gasteiger partial charge is 0.269 e. The number of furan rings is 1. The van der Waals surface area contributed by atoms with Crippen molar-refractivity contribution in [2.45, 2.75) is 12.1 Å². The van der Waals surface area contributed by atoms with Gasteiger partial charge in [-0.2, -0.15) is 0 Å². The van der Waals surface area contributed by atoms with E-state index >= 15 is 0 Å². The first kappa shape index (κ1) is 21.9. The Labute approximate surface area is 204 Å². The van der Waals surface area contributed by atoms with Crippen LogP contribution in [0.2, 0.25) is 5.02 Å². The van der Waals surface area contributed by atoms with Gasteiger partial charge in [0, 0.05) is 28.9 Å². The molecule has 1 saturated heterocycles. The van der Waals surface area contributed by atoms with E-state index in [9.17, 15) is 15.2 Å². The van der Waals surface area contributed by atoms with Crippen LogP contribution in [0.1, 0.15) is 23.5 Å². The molecule has 0 unspecified atom stereocenters. The summed E-state index contributed by atoms with van der Waals surface area (Å²) in [6.45, 7) is 0. The van der Waals surface area contributed by atoms with Crippen molar-refractivity contribution in [1.29, 1.82) is 0 Å². The van der Waals surface area contributed by atoms with Gasteiger partial charge in [0.2, 0.25) is 0 Å². The topological polar surface area (TPSA) is 105 Å². The number of halogens is 1. The summed E-state index contributed by atoms with van der Waals surface area (Å²) in [5, 5.41) is 25.7. The van der Waals surface area contributed by atoms with Gasteiger partial charge in [-0.3, -0.25) is 15.1 Å². The lowest BCUT2D eigenvalue weighted by molar-refractivity contribution is -0.384. The standard InChI is InChI=1S/C24H17ClN4O4S/c25-15-6-9-19(30)18(13-15)28-23(22(27-24(28)34)17-3-1-2-12-26-17)21-11-10-20(33-21)14-4-7-16(8-5-14)29(31)32/h1-13,22-23,30H,(H,27,34)/t22-,23+/m1/s1. The van der Waals surface area contributed by atoms with Crippen LogP contribution in [0, 0.1) is 10.1 Å². The Balaban J connectivity index is 1.59. The quantitative estimate of drug-likeness (QED) is 0.205. The summed E-state index contributed by atoms with van der Waals surface area (Å²) in [5.41, 5.74) is 1.87. The van der Waals surface area contributed by atoms with Crippen LogP contribution in [0.3, 0.4) is 0 Å². The van der Waals surface area contributed by atoms with Gasteiger partial charge in [-0.25, -0.2) is 0 Å². The van der Waals surface area contributed by atoms with Crippen LogP contribution in [0.4, 0.5) is 11.4 Å². The number of rotatable bonds is 5. The fourth-order valence-electron chi connectivity index (χ4n) is 4.01. The van der Waals surface area contributed by atoms with E-state index < -0.39 is 11.0 Å². The zero-order chi connectivity index (χ0) is 23.8. The molecule has 2 atom stereocenters. The highest BCUT2D eigenvalue weighted by molar-refractivity contribution is 7.80. The van der Waals surface area contributed by atoms with E-state index in [-0.39, 0.29) is 17.5 Å². The second-order valence-corrected chi connectivity index (χ2v) is 8.46. The third kappa shape index (κ3) is 3.95. The van der Waals surface area contributed by atoms with Crippen molar-refractivity contribution in [2.75, 3.05) is 4.90 Å². The normalized spacial score (nSPS) is 17.6. The first-order chi connectivity index (χ1) is 16.4. The van der Waals surface area contributed by atoms with Gasteiger partial charge in [-0.15, -0.1) is 0 Å². The highest BCUT2D eigenvalue weighted by atomic mass is 35.5. The van der Waals surface area contributed by atoms with Crippen molar-refractivity contribution in [3.05, 3.63) is 106 Å². The van der Waals surface area contributed by atoms with Crippen molar-refractivity contribution in [1.82, 2.24) is 10.3 Å². The summed E-state index contributed by atoms with van der Waals surface area (Å²) in [7, 11) is 0. The second kappa shape index (κ2) is 8.77. The minimum Gasteiger partial charge on any atom is -0.506 e. The van der Waals surface area contributed by atoms with E-state index in [4.69, 9.17) is 28.2 Å². The van der Waals surface area contributed by atoms with Crippen LogP contribution in [0.25, 0.3) is 11.3 Å². The van der Waals surface area contributed by atoms with Crippen molar-refractivity contribution >= 4 is 40.3 Å². The maximum absolute atomic E-state index is 11.0. The number of pyridine rings is 1. The van der Waals surface area contributed by atoms with Crippen molar-refractivity contribution in [2.24, 2.45) is 0 Å². The Morgan fingerprint density at radius 3 is 2.62 bits per heavy atom. The number of hydrogen-bond donors (Lipinski definition) is 2. The monoisotopic (exact) mass is 492 g/mol. The number of benzene rings is 2. The fraction of sp³-hybridized carbons (Fsp3) is 0.0833. The number of aromatic nitrogens is 1. The lowest BCUT2D eigenvalue weighted by Crippen LogP contribution is -2.29. The molecule has 1 aliphatic rings. The molecule has 4 aromatic rings. The summed E-state index contributed by atoms with van der Waals surface area (Å²) in [5.74, 6) is 1.12. The molecule has 2 aromatic heterocycles. The Morgan fingerprint density at radius 2 is 1.91 bits per heavy atom. The Kier molecular flexibility index (Phi) is 5.64. The van der Waals surface area contributed by atoms with Gasteiger partial charge < -0.3 is 19.7 Å². The van der Waals surface area contributed by atoms with E-state index in [0.717, 1.165) is 5.69 Å². The minimum atomic E-state index is -0.487. The largest absolute Gasteiger partial charge is 0.506 e. The minimum absolute atomic E-state index is 0.00121. The Morgan fingerprint density at radius 1 is 1.12 bits per heavy atom. The number of nitro benzene ring substituents is 1. The highest BCUT2D eigenvalue weighted by Gasteiger charge is 2.43. The molecular formula is C24H17ClN4O4S. The molecule has 0 saturated carbocycles. The van der Waals surface area contributed by atoms with Gasteiger partial charge in [-0.1, -0.05) is 17.7 Å². The van der Waals surface area contributed by atoms with E-state index in [1.165, 1.54) is 18.2 Å². The molecule has 0 amide bonds. The maximum atomic E-state index is 11.0. The summed E-state index contributed by atoms with van der Waals surface area (Å²) >= 11 is 11.9. The molecule has 2 aromatic carbocycles. The summed E-state index contributed by atoms with van der Waals surface area (Å²) in [6.07, 6.45) is 1.70. The molecular weight excluding hydrogens is 476 g/mol. The third-order valence-electron chi connectivity index (χ3n) is 5.58. The summed E-state index contributed by atoms with van der Waals surface area (Å²) < 4.78 is 6.22. The van der Waals surface area contributed by atoms with Gasteiger partial charge in [0.15, 0.2) is 5.11 Å². The van der Waals surface area contributed by atoms with Gasteiger partial charge >= 0.3 is 0 Å². The highest BCUT2D eigenvalue weighted by Crippen LogP contribution is 2.45. The molecule has 1 aliphatic heterocycles. The number of non-ortho nitro benzene ring substituents is 1. The number of phenols is 1. The van der Waals surface area contributed by atoms with E-state index in [0.29, 0.717) is 32.9 Å². The average Bonchev–Trinajstić information content (AvgIpc) is 3.46. The molecule has 34 heavy (non-hydrogen) atoms. The van der Waals surface area contributed by atoms with Crippen molar-refractivity contribution in [3.8, 4) is 17.1 Å². The number of aromatic hydroxyl groups is 1. The number of phenolic OH excluding ortho intramolecular Hbond substituents is 1. The van der Waals surface area contributed by atoms with Crippen LogP contribution < -0.4 is 10.2 Å². The molecule has 0 aliphatic carbocycles. The molecule has 10 heteroatoms. The molecule has 0 spiro atoms. The van der Waals surface area contributed by atoms with E-state index in [2.05, 4.69) is 10.3 Å². The predicted molar refractivity (Wildman–Crippen MR) is 132 cm³/mol. The Hall–Kier alpha value is -3.95. The summed E-state index contributed by atoms with van der Waals surface area (Å²) in [4.78, 5) is 16.8. The SMILES string of the molecule is O=[N+]([O-])c1ccc(-c2ccc([C@H]3[C@@H](c4ccccn4)NC(=S)N3c3cc(Cl)ccc3O)o2)cc1. The average molecular weight is 493 g/mol. The lowest BCUT2D eigenvalue weighted by atomic mass is 10.0. The zero-order valence-corrected chi connectivity index (χ0v) is 19.0. The molecule has 170 valence electrons. The number of hydrogen-bond acceptors (Lipinski definition) is 6. The predicted octanol–water partition coefficient (Wildman–Crippen LogP) is 5.79. The fourth-order valence-corrected chi connectivity index (χ4v) is 4.51. The van der Waals surface area contributed by atoms with Crippen LogP contribution in [-0.4, -0.2) is 20.1 Å². The van der Waals surface area contributed by atoms with E-state index in [1.54, 1.807) is 41.4 Å². The first-order valence-corrected chi connectivity index (χ1v) is 11.0. The maximum Gasteiger partial charge on any atom is 0.269 e.